The molecular weight excluding hydrogens is 414 g/mol. The monoisotopic (exact) mass is 435 g/mol. The standard InChI is InChI=1S/C20H22ClN3O4S/c1-2-3-4-5-12-28-16-9-6-14(7-10-16)19(25)23-20(29)22-17-11-8-15(21)13-18(17)24(26)27/h6-11,13H,2-5,12H2,1H3,(H2,22,23,25,29). The molecule has 0 aromatic heterocycles. The lowest BCUT2D eigenvalue weighted by atomic mass is 10.2. The van der Waals surface area contributed by atoms with Crippen LogP contribution in [0, 0.1) is 10.1 Å². The molecule has 0 unspecified atom stereocenters. The number of nitro benzene ring substituents is 1. The van der Waals surface area contributed by atoms with Crippen LogP contribution in [-0.2, 0) is 0 Å². The molecule has 0 saturated heterocycles. The van der Waals surface area contributed by atoms with Crippen LogP contribution in [0.5, 0.6) is 5.75 Å². The molecule has 9 heteroatoms. The number of benzene rings is 2. The fraction of sp³-hybridized carbons (Fsp3) is 0.300. The largest absolute Gasteiger partial charge is 0.494 e. The van der Waals surface area contributed by atoms with E-state index in [1.54, 1.807) is 24.3 Å². The third-order valence-electron chi connectivity index (χ3n) is 4.01. The van der Waals surface area contributed by atoms with Gasteiger partial charge >= 0.3 is 0 Å². The van der Waals surface area contributed by atoms with Gasteiger partial charge in [0.1, 0.15) is 11.4 Å². The highest BCUT2D eigenvalue weighted by Gasteiger charge is 2.16. The van der Waals surface area contributed by atoms with E-state index in [2.05, 4.69) is 17.6 Å². The van der Waals surface area contributed by atoms with E-state index in [0.29, 0.717) is 17.9 Å². The number of ether oxygens (including phenoxy) is 1. The number of nitrogens with one attached hydrogen (secondary N) is 2. The molecule has 2 rings (SSSR count). The molecule has 7 nitrogen and oxygen atoms in total. The zero-order chi connectivity index (χ0) is 21.2. The number of halogens is 1. The molecule has 0 spiro atoms. The maximum Gasteiger partial charge on any atom is 0.294 e. The Labute approximate surface area is 179 Å². The van der Waals surface area contributed by atoms with Gasteiger partial charge in [-0.25, -0.2) is 0 Å². The Morgan fingerprint density at radius 1 is 1.17 bits per heavy atom. The van der Waals surface area contributed by atoms with E-state index in [1.807, 2.05) is 0 Å². The predicted molar refractivity (Wildman–Crippen MR) is 118 cm³/mol. The third kappa shape index (κ3) is 7.32. The Hall–Kier alpha value is -2.71. The summed E-state index contributed by atoms with van der Waals surface area (Å²) in [4.78, 5) is 22.9. The summed E-state index contributed by atoms with van der Waals surface area (Å²) < 4.78 is 5.65. The summed E-state index contributed by atoms with van der Waals surface area (Å²) in [6.07, 6.45) is 4.49. The van der Waals surface area contributed by atoms with Crippen molar-refractivity contribution in [3.63, 3.8) is 0 Å². The SMILES string of the molecule is CCCCCCOc1ccc(C(=O)NC(=S)Nc2ccc(Cl)cc2[N+](=O)[O-])cc1. The number of thiocarbonyl (C=S) groups is 1. The zero-order valence-corrected chi connectivity index (χ0v) is 17.5. The van der Waals surface area contributed by atoms with Gasteiger partial charge in [0.2, 0.25) is 0 Å². The van der Waals surface area contributed by atoms with Crippen LogP contribution in [0.15, 0.2) is 42.5 Å². The van der Waals surface area contributed by atoms with E-state index in [9.17, 15) is 14.9 Å². The number of nitro groups is 1. The molecule has 0 radical (unpaired) electrons. The quantitative estimate of drug-likeness (QED) is 0.239. The Balaban J connectivity index is 1.90. The number of rotatable bonds is 9. The third-order valence-corrected chi connectivity index (χ3v) is 4.45. The Morgan fingerprint density at radius 3 is 2.55 bits per heavy atom. The number of nitrogens with zero attached hydrogens (tertiary/aromatic N) is 1. The van der Waals surface area contributed by atoms with Gasteiger partial charge in [-0.05, 0) is 55.0 Å². The highest BCUT2D eigenvalue weighted by molar-refractivity contribution is 7.80. The molecule has 0 atom stereocenters. The Morgan fingerprint density at radius 2 is 1.90 bits per heavy atom. The van der Waals surface area contributed by atoms with Crippen molar-refractivity contribution < 1.29 is 14.5 Å². The highest BCUT2D eigenvalue weighted by Crippen LogP contribution is 2.27. The van der Waals surface area contributed by atoms with Crippen LogP contribution < -0.4 is 15.4 Å². The van der Waals surface area contributed by atoms with Crippen molar-refractivity contribution >= 4 is 46.2 Å². The topological polar surface area (TPSA) is 93.5 Å². The van der Waals surface area contributed by atoms with Crippen LogP contribution in [0.3, 0.4) is 0 Å². The minimum Gasteiger partial charge on any atom is -0.494 e. The van der Waals surface area contributed by atoms with E-state index >= 15 is 0 Å². The van der Waals surface area contributed by atoms with E-state index in [4.69, 9.17) is 28.6 Å². The number of anilines is 1. The molecule has 2 aromatic rings. The average Bonchev–Trinajstić information content (AvgIpc) is 2.69. The van der Waals surface area contributed by atoms with Crippen molar-refractivity contribution in [1.82, 2.24) is 5.32 Å². The van der Waals surface area contributed by atoms with Gasteiger partial charge in [-0.15, -0.1) is 0 Å². The summed E-state index contributed by atoms with van der Waals surface area (Å²) in [6.45, 7) is 2.79. The van der Waals surface area contributed by atoms with E-state index < -0.39 is 10.8 Å². The van der Waals surface area contributed by atoms with Crippen molar-refractivity contribution in [3.05, 3.63) is 63.2 Å². The van der Waals surface area contributed by atoms with Gasteiger partial charge < -0.3 is 10.1 Å². The molecular formula is C20H22ClN3O4S. The first-order chi connectivity index (χ1) is 13.9. The number of carbonyl (C=O) groups is 1. The van der Waals surface area contributed by atoms with Gasteiger partial charge in [-0.3, -0.25) is 20.2 Å². The molecule has 2 N–H and O–H groups in total. The zero-order valence-electron chi connectivity index (χ0n) is 15.9. The van der Waals surface area contributed by atoms with Gasteiger partial charge in [0, 0.05) is 16.7 Å². The molecule has 0 aliphatic heterocycles. The normalized spacial score (nSPS) is 10.3. The molecule has 1 amide bonds. The molecule has 0 bridgehead atoms. The molecule has 0 aliphatic carbocycles. The molecule has 0 heterocycles. The molecule has 0 fully saturated rings. The first kappa shape index (κ1) is 22.6. The summed E-state index contributed by atoms with van der Waals surface area (Å²) in [5.74, 6) is 0.254. The first-order valence-electron chi connectivity index (χ1n) is 9.20. The fourth-order valence-corrected chi connectivity index (χ4v) is 2.88. The Bertz CT molecular complexity index is 875. The summed E-state index contributed by atoms with van der Waals surface area (Å²) in [5, 5.41) is 16.4. The minimum atomic E-state index is -0.584. The van der Waals surface area contributed by atoms with Crippen LogP contribution >= 0.6 is 23.8 Å². The molecule has 0 aliphatic rings. The van der Waals surface area contributed by atoms with Crippen LogP contribution in [0.1, 0.15) is 43.0 Å². The summed E-state index contributed by atoms with van der Waals surface area (Å²) in [7, 11) is 0. The summed E-state index contributed by atoms with van der Waals surface area (Å²) >= 11 is 10.9. The van der Waals surface area contributed by atoms with Gasteiger partial charge in [0.15, 0.2) is 5.11 Å². The lowest BCUT2D eigenvalue weighted by molar-refractivity contribution is -0.383. The molecule has 154 valence electrons. The number of carbonyl (C=O) groups excluding carboxylic acids is 1. The second-order valence-electron chi connectivity index (χ2n) is 6.26. The number of hydrogen-bond donors (Lipinski definition) is 2. The maximum atomic E-state index is 12.3. The number of hydrogen-bond acceptors (Lipinski definition) is 5. The molecule has 29 heavy (non-hydrogen) atoms. The lowest BCUT2D eigenvalue weighted by Gasteiger charge is -2.11. The van der Waals surface area contributed by atoms with E-state index in [-0.39, 0.29) is 21.5 Å². The van der Waals surface area contributed by atoms with Gasteiger partial charge in [0.25, 0.3) is 11.6 Å². The van der Waals surface area contributed by atoms with Gasteiger partial charge in [-0.2, -0.15) is 0 Å². The van der Waals surface area contributed by atoms with Crippen LogP contribution in [0.4, 0.5) is 11.4 Å². The smallest absolute Gasteiger partial charge is 0.294 e. The van der Waals surface area contributed by atoms with E-state index in [0.717, 1.165) is 12.8 Å². The van der Waals surface area contributed by atoms with Crippen molar-refractivity contribution in [2.45, 2.75) is 32.6 Å². The second kappa shape index (κ2) is 11.3. The van der Waals surface area contributed by atoms with Crippen molar-refractivity contribution in [2.75, 3.05) is 11.9 Å². The highest BCUT2D eigenvalue weighted by atomic mass is 35.5. The number of amides is 1. The maximum absolute atomic E-state index is 12.3. The Kier molecular flexibility index (Phi) is 8.82. The van der Waals surface area contributed by atoms with E-state index in [1.165, 1.54) is 31.0 Å². The fourth-order valence-electron chi connectivity index (χ4n) is 2.51. The van der Waals surface area contributed by atoms with Crippen LogP contribution in [0.2, 0.25) is 5.02 Å². The average molecular weight is 436 g/mol. The number of unbranched alkanes of at least 4 members (excludes halogenated alkanes) is 3. The van der Waals surface area contributed by atoms with Crippen molar-refractivity contribution in [1.29, 1.82) is 0 Å². The molecule has 0 saturated carbocycles. The lowest BCUT2D eigenvalue weighted by Crippen LogP contribution is -2.34. The first-order valence-corrected chi connectivity index (χ1v) is 9.98. The summed E-state index contributed by atoms with van der Waals surface area (Å²) in [5.41, 5.74) is 0.282. The predicted octanol–water partition coefficient (Wildman–Crippen LogP) is 5.33. The van der Waals surface area contributed by atoms with Crippen LogP contribution in [-0.4, -0.2) is 22.5 Å². The van der Waals surface area contributed by atoms with Crippen molar-refractivity contribution in [2.24, 2.45) is 0 Å². The molecule has 2 aromatic carbocycles. The minimum absolute atomic E-state index is 0.0586. The van der Waals surface area contributed by atoms with Gasteiger partial charge in [-0.1, -0.05) is 37.8 Å². The van der Waals surface area contributed by atoms with Crippen molar-refractivity contribution in [3.8, 4) is 5.75 Å². The van der Waals surface area contributed by atoms with Crippen LogP contribution in [0.25, 0.3) is 0 Å². The summed E-state index contributed by atoms with van der Waals surface area (Å²) in [6, 6.07) is 10.8. The van der Waals surface area contributed by atoms with Gasteiger partial charge in [0.05, 0.1) is 11.5 Å². The second-order valence-corrected chi connectivity index (χ2v) is 7.11.